The molecule has 2 heterocycles. The summed E-state index contributed by atoms with van der Waals surface area (Å²) in [6.45, 7) is 6.50. The molecule has 0 aliphatic heterocycles. The van der Waals surface area contributed by atoms with Crippen molar-refractivity contribution < 1.29 is 19.1 Å². The minimum atomic E-state index is -0.335. The zero-order valence-corrected chi connectivity index (χ0v) is 42.3. The Morgan fingerprint density at radius 1 is 0.418 bits per heavy atom. The van der Waals surface area contributed by atoms with Gasteiger partial charge in [0, 0.05) is 48.8 Å². The van der Waals surface area contributed by atoms with Crippen LogP contribution in [0, 0.1) is 5.92 Å². The summed E-state index contributed by atoms with van der Waals surface area (Å²) in [5, 5.41) is 0. The Morgan fingerprint density at radius 2 is 0.716 bits per heavy atom. The average Bonchev–Trinajstić information content (AvgIpc) is 3.34. The lowest BCUT2D eigenvalue weighted by Crippen LogP contribution is -2.15. The van der Waals surface area contributed by atoms with Crippen LogP contribution in [0.25, 0.3) is 22.8 Å². The first kappa shape index (κ1) is 55.1. The van der Waals surface area contributed by atoms with Gasteiger partial charge in [0.15, 0.2) is 11.6 Å². The Morgan fingerprint density at radius 3 is 1.04 bits per heavy atom. The summed E-state index contributed by atoms with van der Waals surface area (Å²) in [4.78, 5) is 43.8. The molecule has 4 rings (SSSR count). The molecule has 0 spiro atoms. The van der Waals surface area contributed by atoms with Crippen molar-refractivity contribution in [2.24, 2.45) is 5.92 Å². The van der Waals surface area contributed by atoms with Gasteiger partial charge in [0.2, 0.25) is 0 Å². The van der Waals surface area contributed by atoms with Gasteiger partial charge in [-0.3, -0.25) is 9.59 Å². The third-order valence-corrected chi connectivity index (χ3v) is 13.1. The molecular formula is C59H88N4O4. The van der Waals surface area contributed by atoms with E-state index in [0.717, 1.165) is 24.0 Å². The van der Waals surface area contributed by atoms with Crippen molar-refractivity contribution in [3.63, 3.8) is 0 Å². The predicted octanol–water partition coefficient (Wildman–Crippen LogP) is 17.0. The van der Waals surface area contributed by atoms with Gasteiger partial charge < -0.3 is 9.47 Å². The third kappa shape index (κ3) is 25.5. The second kappa shape index (κ2) is 35.7. The number of hydrogen-bond acceptors (Lipinski definition) is 8. The molecule has 0 unspecified atom stereocenters. The van der Waals surface area contributed by atoms with Crippen molar-refractivity contribution in [3.05, 3.63) is 84.4 Å². The summed E-state index contributed by atoms with van der Waals surface area (Å²) in [5.74, 6) is 1.54. The standard InChI is InChI=1S/C59H88N4O4/c1-4-6-8-10-12-14-16-18-20-22-24-26-28-30-32-50-45-60-58(61-46-50)52-35-39-54(40-36-52)66-56(64)43-34-49(3)44-57(65)67-55-41-37-53(38-42-55)59-62-47-51(48-63-59)33-31-29-27-25-23-21-19-17-15-13-11-9-7-5-2/h35-42,45-49H,4-34,43-44H2,1-3H3/t49-/m1/s1. The maximum Gasteiger partial charge on any atom is 0.311 e. The second-order valence-corrected chi connectivity index (χ2v) is 19.4. The van der Waals surface area contributed by atoms with Gasteiger partial charge >= 0.3 is 11.9 Å². The fraction of sp³-hybridized carbons (Fsp3) is 0.627. The van der Waals surface area contributed by atoms with E-state index in [2.05, 4.69) is 33.8 Å². The number of unbranched alkanes of at least 4 members (excludes halogenated alkanes) is 26. The Balaban J connectivity index is 1.01. The maximum atomic E-state index is 12.7. The largest absolute Gasteiger partial charge is 0.427 e. The Hall–Kier alpha value is -4.46. The summed E-state index contributed by atoms with van der Waals surface area (Å²) >= 11 is 0. The van der Waals surface area contributed by atoms with E-state index >= 15 is 0 Å². The number of carbonyl (C=O) groups excluding carboxylic acids is 2. The number of nitrogens with zero attached hydrogens (tertiary/aromatic N) is 4. The summed E-state index contributed by atoms with van der Waals surface area (Å²) < 4.78 is 11.2. The molecule has 0 bridgehead atoms. The maximum absolute atomic E-state index is 12.7. The quantitative estimate of drug-likeness (QED) is 0.0248. The van der Waals surface area contributed by atoms with Crippen LogP contribution in [0.1, 0.15) is 231 Å². The fourth-order valence-electron chi connectivity index (χ4n) is 8.76. The first-order valence-electron chi connectivity index (χ1n) is 27.2. The van der Waals surface area contributed by atoms with E-state index in [4.69, 9.17) is 9.47 Å². The Labute approximate surface area is 406 Å². The van der Waals surface area contributed by atoms with Gasteiger partial charge in [0.25, 0.3) is 0 Å². The van der Waals surface area contributed by atoms with Crippen LogP contribution in [-0.2, 0) is 22.4 Å². The highest BCUT2D eigenvalue weighted by Gasteiger charge is 2.15. The SMILES string of the molecule is CCCCCCCCCCCCCCCCc1cnc(-c2ccc(OC(=O)CC[C@@H](C)CC(=O)Oc3ccc(-c4ncc(CCCCCCCCCCCCCCCC)cn4)cc3)cc2)nc1. The molecule has 0 saturated carbocycles. The van der Waals surface area contributed by atoms with Crippen molar-refractivity contribution in [2.75, 3.05) is 0 Å². The molecule has 8 nitrogen and oxygen atoms in total. The average molecular weight is 917 g/mol. The lowest BCUT2D eigenvalue weighted by molar-refractivity contribution is -0.137. The lowest BCUT2D eigenvalue weighted by atomic mass is 10.0. The molecule has 1 atom stereocenters. The molecule has 0 aliphatic rings. The fourth-order valence-corrected chi connectivity index (χ4v) is 8.76. The minimum absolute atomic E-state index is 0.0485. The zero-order valence-electron chi connectivity index (χ0n) is 42.3. The van der Waals surface area contributed by atoms with Crippen LogP contribution in [-0.4, -0.2) is 31.9 Å². The van der Waals surface area contributed by atoms with E-state index in [9.17, 15) is 9.59 Å². The number of rotatable bonds is 39. The molecule has 0 amide bonds. The van der Waals surface area contributed by atoms with Crippen LogP contribution in [0.5, 0.6) is 11.5 Å². The molecule has 0 N–H and O–H groups in total. The van der Waals surface area contributed by atoms with E-state index in [1.807, 2.05) is 56.0 Å². The normalized spacial score (nSPS) is 11.7. The van der Waals surface area contributed by atoms with Crippen LogP contribution in [0.15, 0.2) is 73.3 Å². The molecule has 2 aromatic heterocycles. The van der Waals surface area contributed by atoms with E-state index in [0.29, 0.717) is 29.6 Å². The monoisotopic (exact) mass is 917 g/mol. The van der Waals surface area contributed by atoms with Crippen molar-refractivity contribution in [2.45, 2.75) is 233 Å². The summed E-state index contributed by atoms with van der Waals surface area (Å²) in [5.41, 5.74) is 4.08. The van der Waals surface area contributed by atoms with E-state index in [-0.39, 0.29) is 30.7 Å². The molecule has 67 heavy (non-hydrogen) atoms. The smallest absolute Gasteiger partial charge is 0.311 e. The molecule has 0 radical (unpaired) electrons. The van der Waals surface area contributed by atoms with Crippen LogP contribution >= 0.6 is 0 Å². The lowest BCUT2D eigenvalue weighted by Gasteiger charge is -2.11. The van der Waals surface area contributed by atoms with Gasteiger partial charge in [-0.05, 0) is 97.7 Å². The third-order valence-electron chi connectivity index (χ3n) is 13.1. The Kier molecular flexibility index (Phi) is 29.3. The van der Waals surface area contributed by atoms with Gasteiger partial charge in [0.1, 0.15) is 11.5 Å². The first-order chi connectivity index (χ1) is 32.9. The zero-order chi connectivity index (χ0) is 47.4. The summed E-state index contributed by atoms with van der Waals surface area (Å²) in [6, 6.07) is 14.6. The highest BCUT2D eigenvalue weighted by molar-refractivity contribution is 5.74. The van der Waals surface area contributed by atoms with Crippen LogP contribution in [0.4, 0.5) is 0 Å². The number of ether oxygens (including phenoxy) is 2. The molecule has 0 saturated heterocycles. The minimum Gasteiger partial charge on any atom is -0.427 e. The number of carbonyl (C=O) groups is 2. The van der Waals surface area contributed by atoms with Gasteiger partial charge in [-0.25, -0.2) is 19.9 Å². The first-order valence-corrected chi connectivity index (χ1v) is 27.2. The van der Waals surface area contributed by atoms with Gasteiger partial charge in [-0.15, -0.1) is 0 Å². The predicted molar refractivity (Wildman–Crippen MR) is 277 cm³/mol. The van der Waals surface area contributed by atoms with Crippen LogP contribution in [0.3, 0.4) is 0 Å². The number of aromatic nitrogens is 4. The molecule has 0 fully saturated rings. The van der Waals surface area contributed by atoms with E-state index in [1.165, 1.54) is 191 Å². The second-order valence-electron chi connectivity index (χ2n) is 19.4. The topological polar surface area (TPSA) is 104 Å². The Bertz CT molecular complexity index is 1850. The van der Waals surface area contributed by atoms with Gasteiger partial charge in [0.05, 0.1) is 0 Å². The molecule has 4 aromatic rings. The summed E-state index contributed by atoms with van der Waals surface area (Å²) in [6.07, 6.45) is 48.7. The number of esters is 2. The van der Waals surface area contributed by atoms with Crippen molar-refractivity contribution in [1.82, 2.24) is 19.9 Å². The van der Waals surface area contributed by atoms with E-state index in [1.54, 1.807) is 24.3 Å². The van der Waals surface area contributed by atoms with Crippen LogP contribution in [0.2, 0.25) is 0 Å². The molecule has 368 valence electrons. The molecule has 8 heteroatoms. The molecule has 0 aliphatic carbocycles. The van der Waals surface area contributed by atoms with Crippen molar-refractivity contribution in [3.8, 4) is 34.3 Å². The van der Waals surface area contributed by atoms with E-state index < -0.39 is 0 Å². The van der Waals surface area contributed by atoms with Crippen molar-refractivity contribution >= 4 is 11.9 Å². The van der Waals surface area contributed by atoms with Crippen molar-refractivity contribution in [1.29, 1.82) is 0 Å². The number of aryl methyl sites for hydroxylation is 2. The molecular weight excluding hydrogens is 829 g/mol. The van der Waals surface area contributed by atoms with Gasteiger partial charge in [-0.1, -0.05) is 188 Å². The number of benzene rings is 2. The van der Waals surface area contributed by atoms with Crippen LogP contribution < -0.4 is 9.47 Å². The van der Waals surface area contributed by atoms with Gasteiger partial charge in [-0.2, -0.15) is 0 Å². The summed E-state index contributed by atoms with van der Waals surface area (Å²) in [7, 11) is 0. The number of hydrogen-bond donors (Lipinski definition) is 0. The molecule has 2 aromatic carbocycles. The highest BCUT2D eigenvalue weighted by atomic mass is 16.5. The highest BCUT2D eigenvalue weighted by Crippen LogP contribution is 2.24.